The summed E-state index contributed by atoms with van der Waals surface area (Å²) < 4.78 is 15.8. The molecule has 0 saturated carbocycles. The molecule has 24 heavy (non-hydrogen) atoms. The maximum Gasteiger partial charge on any atom is 0.199 e. The van der Waals surface area contributed by atoms with Gasteiger partial charge in [-0.2, -0.15) is 5.10 Å². The number of halogens is 1. The Bertz CT molecular complexity index is 974. The van der Waals surface area contributed by atoms with Gasteiger partial charge in [0, 0.05) is 5.69 Å². The van der Waals surface area contributed by atoms with Crippen LogP contribution in [-0.2, 0) is 0 Å². The summed E-state index contributed by atoms with van der Waals surface area (Å²) in [7, 11) is 0. The average Bonchev–Trinajstić information content (AvgIpc) is 3.02. The molecule has 0 saturated heterocycles. The summed E-state index contributed by atoms with van der Waals surface area (Å²) in [6.45, 7) is 0. The third kappa shape index (κ3) is 3.16. The van der Waals surface area contributed by atoms with Crippen LogP contribution in [0.4, 0.5) is 4.39 Å². The molecule has 0 bridgehead atoms. The van der Waals surface area contributed by atoms with Crippen LogP contribution in [0.25, 0.3) is 17.8 Å². The van der Waals surface area contributed by atoms with Gasteiger partial charge in [0.25, 0.3) is 0 Å². The summed E-state index contributed by atoms with van der Waals surface area (Å²) in [4.78, 5) is 10.8. The number of nitrogens with one attached hydrogen (secondary N) is 1. The Balaban J connectivity index is 1.85. The van der Waals surface area contributed by atoms with E-state index in [1.54, 1.807) is 23.0 Å². The molecule has 0 radical (unpaired) electrons. The number of aromatic hydroxyl groups is 1. The van der Waals surface area contributed by atoms with E-state index in [9.17, 15) is 14.3 Å². The average molecular weight is 341 g/mol. The molecule has 0 aliphatic carbocycles. The Morgan fingerprint density at radius 3 is 2.50 bits per heavy atom. The van der Waals surface area contributed by atoms with Crippen molar-refractivity contribution < 1.29 is 14.3 Å². The van der Waals surface area contributed by atoms with E-state index in [0.29, 0.717) is 16.6 Å². The third-order valence-corrected chi connectivity index (χ3v) is 3.72. The van der Waals surface area contributed by atoms with Gasteiger partial charge in [-0.05, 0) is 47.6 Å². The molecule has 1 heterocycles. The molecule has 0 fully saturated rings. The highest BCUT2D eigenvalue weighted by molar-refractivity contribution is 7.71. The van der Waals surface area contributed by atoms with E-state index < -0.39 is 11.6 Å². The summed E-state index contributed by atoms with van der Waals surface area (Å²) in [6.07, 6.45) is 5.44. The van der Waals surface area contributed by atoms with Gasteiger partial charge in [0.05, 0.1) is 5.56 Å². The minimum atomic E-state index is -0.830. The lowest BCUT2D eigenvalue weighted by atomic mass is 10.1. The van der Waals surface area contributed by atoms with E-state index >= 15 is 0 Å². The summed E-state index contributed by atoms with van der Waals surface area (Å²) in [5.74, 6) is -1.47. The SMILES string of the molecule is O=Cc1cc(/C=C/c2ccc(-n3cn[nH]c3=S)cc2)cc(F)c1O. The molecule has 3 aromatic rings. The van der Waals surface area contributed by atoms with Crippen LogP contribution in [0.3, 0.4) is 0 Å². The van der Waals surface area contributed by atoms with Crippen LogP contribution in [-0.4, -0.2) is 26.2 Å². The van der Waals surface area contributed by atoms with Crippen molar-refractivity contribution in [1.82, 2.24) is 14.8 Å². The van der Waals surface area contributed by atoms with Gasteiger partial charge in [-0.1, -0.05) is 24.3 Å². The number of carbonyl (C=O) groups is 1. The van der Waals surface area contributed by atoms with E-state index in [0.717, 1.165) is 17.3 Å². The van der Waals surface area contributed by atoms with Crippen LogP contribution in [0.15, 0.2) is 42.7 Å². The number of carbonyl (C=O) groups excluding carboxylic acids is 1. The van der Waals surface area contributed by atoms with Crippen molar-refractivity contribution in [3.05, 3.63) is 70.0 Å². The first-order valence-corrected chi connectivity index (χ1v) is 7.37. The van der Waals surface area contributed by atoms with Crippen LogP contribution in [0.1, 0.15) is 21.5 Å². The number of phenols is 1. The first kappa shape index (κ1) is 15.8. The van der Waals surface area contributed by atoms with Crippen molar-refractivity contribution >= 4 is 30.7 Å². The number of hydrogen-bond acceptors (Lipinski definition) is 4. The molecule has 120 valence electrons. The summed E-state index contributed by atoms with van der Waals surface area (Å²) in [5.41, 5.74) is 2.15. The van der Waals surface area contributed by atoms with Crippen molar-refractivity contribution in [2.45, 2.75) is 0 Å². The minimum Gasteiger partial charge on any atom is -0.504 e. The predicted molar refractivity (Wildman–Crippen MR) is 91.1 cm³/mol. The fourth-order valence-electron chi connectivity index (χ4n) is 2.20. The third-order valence-electron chi connectivity index (χ3n) is 3.43. The highest BCUT2D eigenvalue weighted by Crippen LogP contribution is 2.23. The van der Waals surface area contributed by atoms with E-state index in [4.69, 9.17) is 12.2 Å². The van der Waals surface area contributed by atoms with Crippen molar-refractivity contribution in [3.63, 3.8) is 0 Å². The van der Waals surface area contributed by atoms with Crippen molar-refractivity contribution in [3.8, 4) is 11.4 Å². The molecule has 0 unspecified atom stereocenters. The molecule has 7 heteroatoms. The Hall–Kier alpha value is -3.06. The molecular weight excluding hydrogens is 329 g/mol. The van der Waals surface area contributed by atoms with Gasteiger partial charge in [-0.3, -0.25) is 14.5 Å². The second kappa shape index (κ2) is 6.59. The lowest BCUT2D eigenvalue weighted by Crippen LogP contribution is -1.91. The predicted octanol–water partition coefficient (Wildman–Crippen LogP) is 3.76. The highest BCUT2D eigenvalue weighted by atomic mass is 32.1. The van der Waals surface area contributed by atoms with Gasteiger partial charge in [0.2, 0.25) is 0 Å². The number of aldehydes is 1. The first-order chi connectivity index (χ1) is 11.6. The van der Waals surface area contributed by atoms with Crippen molar-refractivity contribution in [2.24, 2.45) is 0 Å². The first-order valence-electron chi connectivity index (χ1n) is 6.97. The zero-order chi connectivity index (χ0) is 17.1. The van der Waals surface area contributed by atoms with Gasteiger partial charge in [-0.25, -0.2) is 4.39 Å². The molecule has 0 amide bonds. The van der Waals surface area contributed by atoms with E-state index in [1.807, 2.05) is 24.3 Å². The summed E-state index contributed by atoms with van der Waals surface area (Å²) >= 11 is 5.11. The Morgan fingerprint density at radius 1 is 1.17 bits per heavy atom. The molecule has 0 aliphatic heterocycles. The lowest BCUT2D eigenvalue weighted by molar-refractivity contribution is 0.112. The summed E-state index contributed by atoms with van der Waals surface area (Å²) in [5, 5.41) is 15.9. The number of phenolic OH excluding ortho intramolecular Hbond substituents is 1. The molecule has 0 atom stereocenters. The zero-order valence-corrected chi connectivity index (χ0v) is 13.1. The van der Waals surface area contributed by atoms with E-state index in [-0.39, 0.29) is 5.56 Å². The smallest absolute Gasteiger partial charge is 0.199 e. The van der Waals surface area contributed by atoms with Crippen LogP contribution in [0.5, 0.6) is 5.75 Å². The quantitative estimate of drug-likeness (QED) is 0.431. The molecule has 5 nitrogen and oxygen atoms in total. The maximum atomic E-state index is 13.5. The molecule has 0 spiro atoms. The second-order valence-corrected chi connectivity index (χ2v) is 5.40. The van der Waals surface area contributed by atoms with Crippen LogP contribution in [0, 0.1) is 10.6 Å². The zero-order valence-electron chi connectivity index (χ0n) is 12.3. The number of rotatable bonds is 4. The Morgan fingerprint density at radius 2 is 1.88 bits per heavy atom. The van der Waals surface area contributed by atoms with E-state index in [1.165, 1.54) is 6.07 Å². The lowest BCUT2D eigenvalue weighted by Gasteiger charge is -2.03. The molecule has 2 N–H and O–H groups in total. The highest BCUT2D eigenvalue weighted by Gasteiger charge is 2.07. The van der Waals surface area contributed by atoms with Crippen LogP contribution < -0.4 is 0 Å². The van der Waals surface area contributed by atoms with Crippen LogP contribution in [0.2, 0.25) is 0 Å². The molecule has 2 aromatic carbocycles. The Labute approximate surface area is 141 Å². The minimum absolute atomic E-state index is 0.0840. The van der Waals surface area contributed by atoms with Gasteiger partial charge in [-0.15, -0.1) is 0 Å². The maximum absolute atomic E-state index is 13.5. The monoisotopic (exact) mass is 341 g/mol. The number of benzene rings is 2. The topological polar surface area (TPSA) is 70.9 Å². The fourth-order valence-corrected chi connectivity index (χ4v) is 2.40. The van der Waals surface area contributed by atoms with Gasteiger partial charge < -0.3 is 5.11 Å². The van der Waals surface area contributed by atoms with Gasteiger partial charge in [0.1, 0.15) is 6.33 Å². The normalized spacial score (nSPS) is 11.0. The van der Waals surface area contributed by atoms with Gasteiger partial charge in [0.15, 0.2) is 22.6 Å². The molecule has 3 rings (SSSR count). The van der Waals surface area contributed by atoms with Gasteiger partial charge >= 0.3 is 0 Å². The second-order valence-electron chi connectivity index (χ2n) is 5.01. The number of hydrogen-bond donors (Lipinski definition) is 2. The van der Waals surface area contributed by atoms with Crippen molar-refractivity contribution in [1.29, 1.82) is 0 Å². The fraction of sp³-hybridized carbons (Fsp3) is 0. The largest absolute Gasteiger partial charge is 0.504 e. The molecule has 1 aromatic heterocycles. The number of aromatic nitrogens is 3. The number of H-pyrrole nitrogens is 1. The molecule has 0 aliphatic rings. The summed E-state index contributed by atoms with van der Waals surface area (Å²) in [6, 6.07) is 10.1. The van der Waals surface area contributed by atoms with Crippen LogP contribution >= 0.6 is 12.2 Å². The number of aromatic amines is 1. The van der Waals surface area contributed by atoms with Crippen molar-refractivity contribution in [2.75, 3.05) is 0 Å². The Kier molecular flexibility index (Phi) is 4.35. The number of nitrogens with zero attached hydrogens (tertiary/aromatic N) is 2. The molecular formula is C17H12FN3O2S. The standard InChI is InChI=1S/C17H12FN3O2S/c18-15-8-12(7-13(9-22)16(15)23)2-1-11-3-5-14(6-4-11)21-10-19-20-17(21)24/h1-10,23H,(H,20,24)/b2-1+. The van der Waals surface area contributed by atoms with E-state index in [2.05, 4.69) is 10.2 Å².